The first kappa shape index (κ1) is 15.6. The van der Waals surface area contributed by atoms with Crippen molar-refractivity contribution in [1.29, 1.82) is 0 Å². The number of likely N-dealkylation sites (N-methyl/N-ethyl adjacent to an activating group) is 2. The van der Waals surface area contributed by atoms with E-state index in [0.717, 1.165) is 9.80 Å². The normalized spacial score (nSPS) is 15.3. The van der Waals surface area contributed by atoms with Crippen molar-refractivity contribution in [2.45, 2.75) is 0 Å². The van der Waals surface area contributed by atoms with E-state index in [1.807, 2.05) is 0 Å². The van der Waals surface area contributed by atoms with E-state index in [0.29, 0.717) is 17.1 Å². The molecule has 7 nitrogen and oxygen atoms in total. The Morgan fingerprint density at radius 3 is 2.05 bits per heavy atom. The summed E-state index contributed by atoms with van der Waals surface area (Å²) >= 11 is 0. The van der Waals surface area contributed by atoms with Gasteiger partial charge in [0.2, 0.25) is 0 Å². The fourth-order valence-corrected chi connectivity index (χ4v) is 2.16. The van der Waals surface area contributed by atoms with Gasteiger partial charge in [-0.1, -0.05) is 12.1 Å². The van der Waals surface area contributed by atoms with Crippen LogP contribution < -0.4 is 9.47 Å². The Morgan fingerprint density at radius 2 is 1.55 bits per heavy atom. The SMILES string of the molecule is COc1cccc(C=C2C(=O)N(C)C(=O)N(C)C2=O)c1OC. The van der Waals surface area contributed by atoms with E-state index in [-0.39, 0.29) is 5.57 Å². The molecule has 22 heavy (non-hydrogen) atoms. The standard InChI is InChI=1S/C15H16N2O5/c1-16-13(18)10(14(19)17(2)15(16)20)8-9-6-5-7-11(21-3)12(9)22-4/h5-8H,1-4H3. The summed E-state index contributed by atoms with van der Waals surface area (Å²) < 4.78 is 10.4. The molecule has 0 atom stereocenters. The van der Waals surface area contributed by atoms with Crippen LogP contribution in [0.1, 0.15) is 5.56 Å². The van der Waals surface area contributed by atoms with E-state index in [1.54, 1.807) is 18.2 Å². The molecule has 0 saturated carbocycles. The number of methoxy groups -OCH3 is 2. The first-order chi connectivity index (χ1) is 10.4. The van der Waals surface area contributed by atoms with Crippen LogP contribution in [0.2, 0.25) is 0 Å². The molecule has 7 heteroatoms. The summed E-state index contributed by atoms with van der Waals surface area (Å²) in [6.45, 7) is 0. The van der Waals surface area contributed by atoms with Crippen molar-refractivity contribution in [3.8, 4) is 11.5 Å². The minimum absolute atomic E-state index is 0.115. The number of hydrogen-bond donors (Lipinski definition) is 0. The lowest BCUT2D eigenvalue weighted by Crippen LogP contribution is -2.52. The van der Waals surface area contributed by atoms with Gasteiger partial charge in [-0.15, -0.1) is 0 Å². The van der Waals surface area contributed by atoms with Crippen molar-refractivity contribution in [1.82, 2.24) is 9.80 Å². The van der Waals surface area contributed by atoms with Crippen molar-refractivity contribution in [2.24, 2.45) is 0 Å². The largest absolute Gasteiger partial charge is 0.493 e. The smallest absolute Gasteiger partial charge is 0.333 e. The fraction of sp³-hybridized carbons (Fsp3) is 0.267. The fourth-order valence-electron chi connectivity index (χ4n) is 2.16. The molecule has 0 aromatic heterocycles. The van der Waals surface area contributed by atoms with E-state index in [4.69, 9.17) is 9.47 Å². The highest BCUT2D eigenvalue weighted by atomic mass is 16.5. The summed E-state index contributed by atoms with van der Waals surface area (Å²) in [5.41, 5.74) is 0.394. The van der Waals surface area contributed by atoms with Crippen molar-refractivity contribution in [3.63, 3.8) is 0 Å². The zero-order valence-electron chi connectivity index (χ0n) is 12.7. The monoisotopic (exact) mass is 304 g/mol. The lowest BCUT2D eigenvalue weighted by atomic mass is 10.1. The zero-order chi connectivity index (χ0) is 16.4. The van der Waals surface area contributed by atoms with E-state index in [9.17, 15) is 14.4 Å². The number of barbiturate groups is 1. The third kappa shape index (κ3) is 2.41. The van der Waals surface area contributed by atoms with E-state index >= 15 is 0 Å². The van der Waals surface area contributed by atoms with Gasteiger partial charge in [-0.2, -0.15) is 0 Å². The molecule has 2 rings (SSSR count). The highest BCUT2D eigenvalue weighted by Gasteiger charge is 2.37. The number of ether oxygens (including phenoxy) is 2. The molecule has 4 amide bonds. The maximum absolute atomic E-state index is 12.2. The molecule has 1 aromatic rings. The maximum Gasteiger partial charge on any atom is 0.333 e. The van der Waals surface area contributed by atoms with Crippen LogP contribution in [0.5, 0.6) is 11.5 Å². The zero-order valence-corrected chi connectivity index (χ0v) is 12.7. The van der Waals surface area contributed by atoms with Crippen molar-refractivity contribution in [3.05, 3.63) is 29.3 Å². The first-order valence-corrected chi connectivity index (χ1v) is 6.45. The molecular formula is C15H16N2O5. The van der Waals surface area contributed by atoms with Gasteiger partial charge >= 0.3 is 6.03 Å². The number of urea groups is 1. The molecule has 1 saturated heterocycles. The minimum atomic E-state index is -0.662. The van der Waals surface area contributed by atoms with Gasteiger partial charge in [-0.05, 0) is 12.1 Å². The van der Waals surface area contributed by atoms with Crippen LogP contribution in [0.25, 0.3) is 6.08 Å². The predicted octanol–water partition coefficient (Wildman–Crippen LogP) is 1.14. The highest BCUT2D eigenvalue weighted by Crippen LogP contribution is 2.32. The summed E-state index contributed by atoms with van der Waals surface area (Å²) in [6.07, 6.45) is 1.39. The molecule has 0 radical (unpaired) electrons. The average Bonchev–Trinajstić information content (AvgIpc) is 2.54. The number of amides is 4. The lowest BCUT2D eigenvalue weighted by molar-refractivity contribution is -0.134. The highest BCUT2D eigenvalue weighted by molar-refractivity contribution is 6.30. The number of rotatable bonds is 3. The molecule has 0 spiro atoms. The van der Waals surface area contributed by atoms with Gasteiger partial charge in [-0.3, -0.25) is 19.4 Å². The first-order valence-electron chi connectivity index (χ1n) is 6.45. The topological polar surface area (TPSA) is 76.2 Å². The molecule has 1 heterocycles. The van der Waals surface area contributed by atoms with E-state index in [2.05, 4.69) is 0 Å². The third-order valence-corrected chi connectivity index (χ3v) is 3.38. The van der Waals surface area contributed by atoms with Crippen LogP contribution in [0.3, 0.4) is 0 Å². The molecule has 1 aliphatic rings. The second-order valence-electron chi connectivity index (χ2n) is 4.65. The van der Waals surface area contributed by atoms with Gasteiger partial charge in [0.25, 0.3) is 11.8 Å². The van der Waals surface area contributed by atoms with Crippen molar-refractivity contribution < 1.29 is 23.9 Å². The Labute approximate surface area is 127 Å². The second-order valence-corrected chi connectivity index (χ2v) is 4.65. The summed E-state index contributed by atoms with van der Waals surface area (Å²) in [7, 11) is 5.60. The molecule has 0 aliphatic carbocycles. The summed E-state index contributed by atoms with van der Waals surface area (Å²) in [5, 5.41) is 0. The third-order valence-electron chi connectivity index (χ3n) is 3.38. The van der Waals surface area contributed by atoms with Crippen LogP contribution in [-0.4, -0.2) is 56.0 Å². The van der Waals surface area contributed by atoms with Crippen LogP contribution in [0.15, 0.2) is 23.8 Å². The van der Waals surface area contributed by atoms with Crippen LogP contribution >= 0.6 is 0 Å². The van der Waals surface area contributed by atoms with E-state index < -0.39 is 17.8 Å². The number of hydrogen-bond acceptors (Lipinski definition) is 5. The summed E-state index contributed by atoms with van der Waals surface area (Å²) in [4.78, 5) is 37.8. The van der Waals surface area contributed by atoms with Gasteiger partial charge in [-0.25, -0.2) is 4.79 Å². The number of nitrogens with zero attached hydrogens (tertiary/aromatic N) is 2. The Bertz CT molecular complexity index is 655. The molecule has 1 aromatic carbocycles. The predicted molar refractivity (Wildman–Crippen MR) is 78.5 cm³/mol. The Morgan fingerprint density at radius 1 is 0.955 bits per heavy atom. The molecule has 1 fully saturated rings. The molecule has 116 valence electrons. The molecule has 0 bridgehead atoms. The molecular weight excluding hydrogens is 288 g/mol. The number of carbonyl (C=O) groups excluding carboxylic acids is 3. The molecule has 0 unspecified atom stereocenters. The number of carbonyl (C=O) groups is 3. The average molecular weight is 304 g/mol. The molecule has 0 N–H and O–H groups in total. The van der Waals surface area contributed by atoms with E-state index in [1.165, 1.54) is 34.4 Å². The van der Waals surface area contributed by atoms with Crippen molar-refractivity contribution in [2.75, 3.05) is 28.3 Å². The summed E-state index contributed by atoms with van der Waals surface area (Å²) in [5.74, 6) is -0.429. The number of benzene rings is 1. The van der Waals surface area contributed by atoms with Gasteiger partial charge < -0.3 is 9.47 Å². The number of para-hydroxylation sites is 1. The molecule has 1 aliphatic heterocycles. The van der Waals surface area contributed by atoms with Crippen LogP contribution in [0, 0.1) is 0 Å². The Balaban J connectivity index is 2.55. The second kappa shape index (κ2) is 5.88. The van der Waals surface area contributed by atoms with Crippen molar-refractivity contribution >= 4 is 23.9 Å². The van der Waals surface area contributed by atoms with Gasteiger partial charge in [0, 0.05) is 19.7 Å². The summed E-state index contributed by atoms with van der Waals surface area (Å²) in [6, 6.07) is 4.44. The maximum atomic E-state index is 12.2. The Kier molecular flexibility index (Phi) is 4.16. The van der Waals surface area contributed by atoms with Crippen LogP contribution in [0.4, 0.5) is 4.79 Å². The quantitative estimate of drug-likeness (QED) is 0.618. The lowest BCUT2D eigenvalue weighted by Gasteiger charge is -2.29. The number of imide groups is 2. The van der Waals surface area contributed by atoms with Crippen LogP contribution in [-0.2, 0) is 9.59 Å². The van der Waals surface area contributed by atoms with Gasteiger partial charge in [0.05, 0.1) is 14.2 Å². The van der Waals surface area contributed by atoms with Gasteiger partial charge in [0.1, 0.15) is 5.57 Å². The van der Waals surface area contributed by atoms with Gasteiger partial charge in [0.15, 0.2) is 11.5 Å². The minimum Gasteiger partial charge on any atom is -0.493 e. The Hall–Kier alpha value is -2.83.